The molecule has 0 fully saturated rings. The third-order valence-electron chi connectivity index (χ3n) is 5.14. The molecule has 2 aromatic carbocycles. The summed E-state index contributed by atoms with van der Waals surface area (Å²) in [6, 6.07) is 14.2. The lowest BCUT2D eigenvalue weighted by Gasteiger charge is -2.27. The van der Waals surface area contributed by atoms with Crippen LogP contribution in [0.3, 0.4) is 0 Å². The van der Waals surface area contributed by atoms with Gasteiger partial charge in [0.25, 0.3) is 5.91 Å². The number of methoxy groups -OCH3 is 1. The first-order valence-corrected chi connectivity index (χ1v) is 12.8. The van der Waals surface area contributed by atoms with E-state index >= 15 is 0 Å². The lowest BCUT2D eigenvalue weighted by molar-refractivity contribution is 0.0607. The molecular weight excluding hydrogens is 511 g/mol. The minimum absolute atomic E-state index is 0.246. The van der Waals surface area contributed by atoms with Gasteiger partial charge in [-0.1, -0.05) is 47.5 Å². The summed E-state index contributed by atoms with van der Waals surface area (Å²) in [6.45, 7) is 3.76. The van der Waals surface area contributed by atoms with E-state index in [0.29, 0.717) is 21.2 Å². The van der Waals surface area contributed by atoms with E-state index in [-0.39, 0.29) is 17.0 Å². The molecule has 174 valence electrons. The smallest absolute Gasteiger partial charge is 0.350 e. The number of aromatic nitrogens is 1. The molecule has 0 radical (unpaired) electrons. The van der Waals surface area contributed by atoms with Crippen molar-refractivity contribution in [3.05, 3.63) is 79.9 Å². The van der Waals surface area contributed by atoms with Gasteiger partial charge in [0.05, 0.1) is 34.6 Å². The maximum Gasteiger partial charge on any atom is 0.350 e. The van der Waals surface area contributed by atoms with E-state index in [1.807, 2.05) is 49.6 Å². The Bertz CT molecular complexity index is 1330. The number of nitrogens with zero attached hydrogens (tertiary/aromatic N) is 2. The van der Waals surface area contributed by atoms with Crippen molar-refractivity contribution in [3.8, 4) is 21.7 Å². The van der Waals surface area contributed by atoms with Gasteiger partial charge in [-0.2, -0.15) is 0 Å². The number of rotatable bonds is 6. The molecule has 0 unspecified atom stereocenters. The number of ether oxygens (including phenoxy) is 1. The summed E-state index contributed by atoms with van der Waals surface area (Å²) < 4.78 is 5.03. The van der Waals surface area contributed by atoms with E-state index in [4.69, 9.17) is 27.9 Å². The predicted octanol–water partition coefficient (Wildman–Crippen LogP) is 7.69. The number of carbonyl (C=O) groups is 2. The number of thiophene rings is 1. The zero-order valence-corrected chi connectivity index (χ0v) is 21.7. The van der Waals surface area contributed by atoms with Crippen molar-refractivity contribution in [1.29, 1.82) is 0 Å². The highest BCUT2D eigenvalue weighted by Crippen LogP contribution is 2.39. The van der Waals surface area contributed by atoms with Crippen molar-refractivity contribution in [2.45, 2.75) is 19.9 Å². The highest BCUT2D eigenvalue weighted by atomic mass is 35.5. The fourth-order valence-electron chi connectivity index (χ4n) is 3.52. The molecule has 9 heteroatoms. The molecule has 2 aromatic heterocycles. The second kappa shape index (κ2) is 10.3. The van der Waals surface area contributed by atoms with Crippen molar-refractivity contribution in [2.75, 3.05) is 12.0 Å². The van der Waals surface area contributed by atoms with E-state index < -0.39 is 5.97 Å². The zero-order valence-electron chi connectivity index (χ0n) is 18.5. The van der Waals surface area contributed by atoms with Crippen LogP contribution in [0.1, 0.15) is 33.9 Å². The monoisotopic (exact) mass is 530 g/mol. The van der Waals surface area contributed by atoms with Crippen LogP contribution in [0.15, 0.2) is 59.4 Å². The minimum atomic E-state index is -0.508. The molecule has 0 N–H and O–H groups in total. The Kier molecular flexibility index (Phi) is 7.38. The van der Waals surface area contributed by atoms with Crippen LogP contribution in [0.4, 0.5) is 5.69 Å². The Labute approximate surface area is 215 Å². The number of anilines is 1. The number of esters is 1. The van der Waals surface area contributed by atoms with Gasteiger partial charge in [-0.3, -0.25) is 4.79 Å². The maximum atomic E-state index is 13.5. The number of carbonyl (C=O) groups excluding carboxylic acids is 2. The van der Waals surface area contributed by atoms with Crippen LogP contribution in [0, 0.1) is 0 Å². The van der Waals surface area contributed by atoms with Gasteiger partial charge >= 0.3 is 5.97 Å². The van der Waals surface area contributed by atoms with Crippen molar-refractivity contribution in [1.82, 2.24) is 4.98 Å². The normalized spacial score (nSPS) is 11.0. The SMILES string of the molecule is COC(=O)c1sc(-c2ccc(-c3cscn3)cc2)cc1N(C(=O)c1ccc(Cl)cc1Cl)C(C)C. The average molecular weight is 531 g/mol. The van der Waals surface area contributed by atoms with E-state index in [2.05, 4.69) is 4.98 Å². The minimum Gasteiger partial charge on any atom is -0.465 e. The highest BCUT2D eigenvalue weighted by Gasteiger charge is 2.29. The Morgan fingerprint density at radius 2 is 1.74 bits per heavy atom. The lowest BCUT2D eigenvalue weighted by atomic mass is 10.1. The van der Waals surface area contributed by atoms with Crippen LogP contribution in [0.5, 0.6) is 0 Å². The first kappa shape index (κ1) is 24.4. The van der Waals surface area contributed by atoms with Gasteiger partial charge in [-0.25, -0.2) is 9.78 Å². The molecule has 0 aliphatic heterocycles. The Morgan fingerprint density at radius 3 is 2.32 bits per heavy atom. The molecule has 0 bridgehead atoms. The topological polar surface area (TPSA) is 59.5 Å². The zero-order chi connectivity index (χ0) is 24.4. The number of hydrogen-bond acceptors (Lipinski definition) is 6. The molecule has 1 amide bonds. The number of hydrogen-bond donors (Lipinski definition) is 0. The van der Waals surface area contributed by atoms with E-state index in [1.54, 1.807) is 22.5 Å². The molecule has 4 aromatic rings. The first-order chi connectivity index (χ1) is 16.3. The molecule has 2 heterocycles. The predicted molar refractivity (Wildman–Crippen MR) is 141 cm³/mol. The summed E-state index contributed by atoms with van der Waals surface area (Å²) in [6.07, 6.45) is 0. The molecular formula is C25H20Cl2N2O3S2. The highest BCUT2D eigenvalue weighted by molar-refractivity contribution is 7.18. The molecule has 34 heavy (non-hydrogen) atoms. The van der Waals surface area contributed by atoms with Gasteiger partial charge in [-0.15, -0.1) is 22.7 Å². The van der Waals surface area contributed by atoms with E-state index in [1.165, 1.54) is 35.8 Å². The van der Waals surface area contributed by atoms with Gasteiger partial charge in [-0.05, 0) is 43.7 Å². The van der Waals surface area contributed by atoms with Gasteiger partial charge < -0.3 is 9.64 Å². The summed E-state index contributed by atoms with van der Waals surface area (Å²) in [4.78, 5) is 33.3. The fourth-order valence-corrected chi connectivity index (χ4v) is 5.64. The largest absolute Gasteiger partial charge is 0.465 e. The lowest BCUT2D eigenvalue weighted by Crippen LogP contribution is -2.37. The third-order valence-corrected chi connectivity index (χ3v) is 7.42. The molecule has 0 saturated heterocycles. The Balaban J connectivity index is 1.78. The number of amides is 1. The van der Waals surface area contributed by atoms with Crippen LogP contribution in [0.25, 0.3) is 21.7 Å². The molecule has 0 aliphatic rings. The van der Waals surface area contributed by atoms with Crippen molar-refractivity contribution < 1.29 is 14.3 Å². The molecule has 0 atom stereocenters. The van der Waals surface area contributed by atoms with E-state index in [0.717, 1.165) is 21.7 Å². The second-order valence-corrected chi connectivity index (χ2v) is 10.3. The van der Waals surface area contributed by atoms with Crippen LogP contribution >= 0.6 is 45.9 Å². The van der Waals surface area contributed by atoms with Gasteiger partial charge in [0.15, 0.2) is 0 Å². The molecule has 0 saturated carbocycles. The average Bonchev–Trinajstić information content (AvgIpc) is 3.49. The summed E-state index contributed by atoms with van der Waals surface area (Å²) >= 11 is 15.1. The van der Waals surface area contributed by atoms with Gasteiger partial charge in [0, 0.05) is 26.9 Å². The molecule has 5 nitrogen and oxygen atoms in total. The Hall–Kier alpha value is -2.71. The number of thiazole rings is 1. The molecule has 4 rings (SSSR count). The molecule has 0 spiro atoms. The number of benzene rings is 2. The van der Waals surface area contributed by atoms with Crippen molar-refractivity contribution >= 4 is 63.4 Å². The van der Waals surface area contributed by atoms with Gasteiger partial charge in [0.2, 0.25) is 0 Å². The van der Waals surface area contributed by atoms with Crippen molar-refractivity contribution in [2.24, 2.45) is 0 Å². The van der Waals surface area contributed by atoms with Crippen LogP contribution in [-0.2, 0) is 4.74 Å². The summed E-state index contributed by atoms with van der Waals surface area (Å²) in [7, 11) is 1.33. The number of halogens is 2. The Morgan fingerprint density at radius 1 is 1.03 bits per heavy atom. The van der Waals surface area contributed by atoms with Crippen LogP contribution in [-0.4, -0.2) is 30.0 Å². The quantitative estimate of drug-likeness (QED) is 0.240. The molecule has 0 aliphatic carbocycles. The fraction of sp³-hybridized carbons (Fsp3) is 0.160. The van der Waals surface area contributed by atoms with E-state index in [9.17, 15) is 9.59 Å². The van der Waals surface area contributed by atoms with Crippen LogP contribution in [0.2, 0.25) is 10.0 Å². The second-order valence-electron chi connectivity index (χ2n) is 7.66. The summed E-state index contributed by atoms with van der Waals surface area (Å²) in [5, 5.41) is 2.67. The first-order valence-electron chi connectivity index (χ1n) is 10.3. The summed E-state index contributed by atoms with van der Waals surface area (Å²) in [5.41, 5.74) is 5.40. The maximum absolute atomic E-state index is 13.5. The van der Waals surface area contributed by atoms with Crippen LogP contribution < -0.4 is 4.90 Å². The van der Waals surface area contributed by atoms with Gasteiger partial charge in [0.1, 0.15) is 4.88 Å². The third kappa shape index (κ3) is 4.88. The standard InChI is InChI=1S/C25H20Cl2N2O3S2/c1-14(2)29(24(30)18-9-8-17(26)10-19(18)27)21-11-22(34-23(21)25(31)32-3)16-6-4-15(5-7-16)20-12-33-13-28-20/h4-14H,1-3H3. The summed E-state index contributed by atoms with van der Waals surface area (Å²) in [5.74, 6) is -0.837. The van der Waals surface area contributed by atoms with Crippen molar-refractivity contribution in [3.63, 3.8) is 0 Å².